The van der Waals surface area contributed by atoms with Crippen LogP contribution in [-0.2, 0) is 9.53 Å². The van der Waals surface area contributed by atoms with Crippen LogP contribution in [0.4, 0.5) is 25.1 Å². The van der Waals surface area contributed by atoms with Crippen molar-refractivity contribution in [3.63, 3.8) is 0 Å². The van der Waals surface area contributed by atoms with E-state index in [1.807, 2.05) is 0 Å². The van der Waals surface area contributed by atoms with Gasteiger partial charge in [0.1, 0.15) is 24.0 Å². The second kappa shape index (κ2) is 11.3. The van der Waals surface area contributed by atoms with Crippen LogP contribution in [0.15, 0.2) is 35.2 Å². The highest BCUT2D eigenvalue weighted by molar-refractivity contribution is 6.03. The smallest absolute Gasteiger partial charge is 0.415 e. The molecule has 13 heteroatoms. The fraction of sp³-hybridized carbons (Fsp3) is 0.462. The van der Waals surface area contributed by atoms with E-state index in [9.17, 15) is 23.2 Å². The fourth-order valence-electron chi connectivity index (χ4n) is 4.21. The van der Waals surface area contributed by atoms with Crippen LogP contribution in [0.5, 0.6) is 0 Å². The van der Waals surface area contributed by atoms with Gasteiger partial charge in [0, 0.05) is 30.9 Å². The normalized spacial score (nSPS) is 17.6. The molecule has 0 bridgehead atoms. The summed E-state index contributed by atoms with van der Waals surface area (Å²) in [5.41, 5.74) is -1.06. The number of hydrogen-bond donors (Lipinski definition) is 1. The molecule has 1 aliphatic carbocycles. The number of carbonyl (C=O) groups is 3. The number of rotatable bonds is 7. The summed E-state index contributed by atoms with van der Waals surface area (Å²) >= 11 is 0. The topological polar surface area (TPSA) is 132 Å². The lowest BCUT2D eigenvalue weighted by Gasteiger charge is -2.25. The maximum atomic E-state index is 13.7. The van der Waals surface area contributed by atoms with E-state index < -0.39 is 29.7 Å². The minimum atomic E-state index is -2.90. The van der Waals surface area contributed by atoms with E-state index in [-0.39, 0.29) is 35.0 Å². The Hall–Kier alpha value is -4.16. The van der Waals surface area contributed by atoms with Crippen molar-refractivity contribution >= 4 is 29.8 Å². The Morgan fingerprint density at radius 3 is 2.62 bits per heavy atom. The molecule has 208 valence electrons. The maximum Gasteiger partial charge on any atom is 0.415 e. The van der Waals surface area contributed by atoms with Crippen molar-refractivity contribution in [2.24, 2.45) is 5.92 Å². The summed E-state index contributed by atoms with van der Waals surface area (Å²) in [6.45, 7) is 5.24. The molecule has 1 saturated carbocycles. The Morgan fingerprint density at radius 1 is 1.26 bits per heavy atom. The number of nitrogens with one attached hydrogen (secondary N) is 1. The molecule has 11 nitrogen and oxygen atoms in total. The monoisotopic (exact) mass is 544 g/mol. The lowest BCUT2D eigenvalue weighted by Crippen LogP contribution is -2.34. The van der Waals surface area contributed by atoms with Gasteiger partial charge in [0.15, 0.2) is 11.4 Å². The van der Waals surface area contributed by atoms with Gasteiger partial charge in [-0.25, -0.2) is 23.5 Å². The zero-order valence-corrected chi connectivity index (χ0v) is 22.1. The maximum absolute atomic E-state index is 13.7. The first-order valence-electron chi connectivity index (χ1n) is 12.5. The van der Waals surface area contributed by atoms with Gasteiger partial charge in [0.2, 0.25) is 5.89 Å². The molecular formula is C26H30F2N6O5. The van der Waals surface area contributed by atoms with Gasteiger partial charge in [-0.2, -0.15) is 5.10 Å². The molecule has 0 saturated heterocycles. The average Bonchev–Trinajstić information content (AvgIpc) is 3.55. The number of halogens is 2. The van der Waals surface area contributed by atoms with E-state index in [1.54, 1.807) is 26.8 Å². The predicted molar refractivity (Wildman–Crippen MR) is 137 cm³/mol. The van der Waals surface area contributed by atoms with Crippen LogP contribution in [0.1, 0.15) is 75.1 Å². The molecule has 3 aromatic rings. The van der Waals surface area contributed by atoms with Crippen LogP contribution in [0, 0.1) is 5.92 Å². The molecule has 0 atom stereocenters. The highest BCUT2D eigenvalue weighted by atomic mass is 19.3. The molecule has 0 radical (unpaired) electrons. The van der Waals surface area contributed by atoms with Gasteiger partial charge in [-0.1, -0.05) is 0 Å². The third-order valence-electron chi connectivity index (χ3n) is 6.26. The molecule has 1 fully saturated rings. The first-order valence-corrected chi connectivity index (χ1v) is 12.5. The summed E-state index contributed by atoms with van der Waals surface area (Å²) in [6.07, 6.45) is 3.93. The third-order valence-corrected chi connectivity index (χ3v) is 6.26. The summed E-state index contributed by atoms with van der Waals surface area (Å²) in [7, 11) is 1.50. The van der Waals surface area contributed by atoms with Gasteiger partial charge in [-0.15, -0.1) is 0 Å². The van der Waals surface area contributed by atoms with Gasteiger partial charge >= 0.3 is 6.09 Å². The lowest BCUT2D eigenvalue weighted by molar-refractivity contribution is -0.112. The highest BCUT2D eigenvalue weighted by Gasteiger charge is 2.27. The first kappa shape index (κ1) is 27.9. The largest absolute Gasteiger partial charge is 0.444 e. The fourth-order valence-corrected chi connectivity index (χ4v) is 4.21. The molecule has 3 heterocycles. The number of alkyl halides is 2. The van der Waals surface area contributed by atoms with Gasteiger partial charge in [0.05, 0.1) is 11.7 Å². The highest BCUT2D eigenvalue weighted by Crippen LogP contribution is 2.34. The minimum absolute atomic E-state index is 0.0268. The van der Waals surface area contributed by atoms with Crippen LogP contribution in [0.25, 0.3) is 11.5 Å². The molecule has 2 amide bonds. The van der Waals surface area contributed by atoms with E-state index in [1.165, 1.54) is 35.1 Å². The second-order valence-electron chi connectivity index (χ2n) is 10.3. The zero-order chi connectivity index (χ0) is 28.3. The number of aromatic nitrogens is 4. The molecule has 0 spiro atoms. The van der Waals surface area contributed by atoms with E-state index >= 15 is 0 Å². The average molecular weight is 545 g/mol. The number of nitrogens with zero attached hydrogens (tertiary/aromatic N) is 5. The molecule has 1 aliphatic rings. The Balaban J connectivity index is 1.48. The number of anilines is 2. The first-order chi connectivity index (χ1) is 18.4. The van der Waals surface area contributed by atoms with Gasteiger partial charge in [-0.3, -0.25) is 14.4 Å². The molecule has 1 N–H and O–H groups in total. The van der Waals surface area contributed by atoms with Crippen LogP contribution < -0.4 is 10.2 Å². The number of amides is 2. The van der Waals surface area contributed by atoms with E-state index in [0.29, 0.717) is 31.2 Å². The quantitative estimate of drug-likeness (QED) is 0.390. The second-order valence-corrected chi connectivity index (χ2v) is 10.3. The molecule has 39 heavy (non-hydrogen) atoms. The Morgan fingerprint density at radius 2 is 1.97 bits per heavy atom. The minimum Gasteiger partial charge on any atom is -0.444 e. The summed E-state index contributed by atoms with van der Waals surface area (Å²) in [4.78, 5) is 45.8. The SMILES string of the molecule is CN(C(=O)OC(C)(C)C)c1cc(-c2nc(C(=O)Nc3cn([C@H]4CC[C@H](C=O)CC4)nc3C(F)F)co2)ccn1. The van der Waals surface area contributed by atoms with Gasteiger partial charge in [-0.05, 0) is 58.6 Å². The molecule has 0 aromatic carbocycles. The van der Waals surface area contributed by atoms with Gasteiger partial charge < -0.3 is 19.3 Å². The van der Waals surface area contributed by atoms with E-state index in [0.717, 1.165) is 12.5 Å². The summed E-state index contributed by atoms with van der Waals surface area (Å²) < 4.78 is 39.6. The number of carbonyl (C=O) groups excluding carboxylic acids is 3. The molecule has 3 aromatic heterocycles. The summed E-state index contributed by atoms with van der Waals surface area (Å²) in [6, 6.07) is 2.98. The number of ether oxygens (including phenoxy) is 1. The van der Waals surface area contributed by atoms with Crippen molar-refractivity contribution in [2.75, 3.05) is 17.3 Å². The molecule has 0 unspecified atom stereocenters. The summed E-state index contributed by atoms with van der Waals surface area (Å²) in [5, 5.41) is 6.47. The lowest BCUT2D eigenvalue weighted by atomic mass is 9.87. The van der Waals surface area contributed by atoms with Crippen LogP contribution in [-0.4, -0.2) is 50.7 Å². The van der Waals surface area contributed by atoms with Crippen LogP contribution >= 0.6 is 0 Å². The number of hydrogen-bond acceptors (Lipinski definition) is 8. The van der Waals surface area contributed by atoms with Gasteiger partial charge in [0.25, 0.3) is 12.3 Å². The van der Waals surface area contributed by atoms with Crippen molar-refractivity contribution in [3.05, 3.63) is 42.2 Å². The molecule has 4 rings (SSSR count). The number of aldehydes is 1. The predicted octanol–water partition coefficient (Wildman–Crippen LogP) is 5.42. The Kier molecular flexibility index (Phi) is 8.07. The van der Waals surface area contributed by atoms with Crippen molar-refractivity contribution in [2.45, 2.75) is 64.5 Å². The molecule has 0 aliphatic heterocycles. The third kappa shape index (κ3) is 6.65. The van der Waals surface area contributed by atoms with Crippen molar-refractivity contribution < 1.29 is 32.3 Å². The van der Waals surface area contributed by atoms with E-state index in [2.05, 4.69) is 20.4 Å². The Bertz CT molecular complexity index is 1340. The zero-order valence-electron chi connectivity index (χ0n) is 22.1. The van der Waals surface area contributed by atoms with Crippen LogP contribution in [0.3, 0.4) is 0 Å². The standard InChI is InChI=1S/C26H30F2N6O5/c1-26(2,3)39-25(37)33(4)20-11-16(9-10-29-20)24-31-19(14-38-24)23(36)30-18-12-34(32-21(18)22(27)28)17-7-5-15(13-35)6-8-17/h9-15,17,22H,5-8H2,1-4H3,(H,30,36)/t15-,17-. The van der Waals surface area contributed by atoms with Crippen LogP contribution in [0.2, 0.25) is 0 Å². The van der Waals surface area contributed by atoms with Crippen molar-refractivity contribution in [1.82, 2.24) is 19.7 Å². The number of pyridine rings is 1. The molecular weight excluding hydrogens is 514 g/mol. The Labute approximate surface area is 223 Å². The number of oxazole rings is 1. The van der Waals surface area contributed by atoms with Crippen molar-refractivity contribution in [1.29, 1.82) is 0 Å². The van der Waals surface area contributed by atoms with Crippen molar-refractivity contribution in [3.8, 4) is 11.5 Å². The van der Waals surface area contributed by atoms with E-state index in [4.69, 9.17) is 9.15 Å². The summed E-state index contributed by atoms with van der Waals surface area (Å²) in [5.74, 6) is -0.447.